The standard InChI is InChI=1S/C9H22N4O/c10-5-2-1-4-8(12)9(14)13-7-3-6-11/h8H,1-7,10-12H2,(H,13,14). The van der Waals surface area contributed by atoms with Gasteiger partial charge >= 0.3 is 0 Å². The highest BCUT2D eigenvalue weighted by Gasteiger charge is 2.11. The number of nitrogens with two attached hydrogens (primary N) is 3. The lowest BCUT2D eigenvalue weighted by Crippen LogP contribution is -2.41. The first-order valence-corrected chi connectivity index (χ1v) is 5.15. The smallest absolute Gasteiger partial charge is 0.236 e. The Morgan fingerprint density at radius 2 is 1.79 bits per heavy atom. The molecule has 0 aromatic carbocycles. The molecule has 1 amide bonds. The molecule has 84 valence electrons. The second-order valence-electron chi connectivity index (χ2n) is 3.32. The number of amides is 1. The highest BCUT2D eigenvalue weighted by molar-refractivity contribution is 5.81. The molecule has 5 nitrogen and oxygen atoms in total. The van der Waals surface area contributed by atoms with Gasteiger partial charge in [-0.05, 0) is 32.4 Å². The zero-order valence-corrected chi connectivity index (χ0v) is 8.67. The molecule has 0 aliphatic heterocycles. The van der Waals surface area contributed by atoms with E-state index < -0.39 is 6.04 Å². The van der Waals surface area contributed by atoms with Crippen molar-refractivity contribution >= 4 is 5.91 Å². The summed E-state index contributed by atoms with van der Waals surface area (Å²) < 4.78 is 0. The minimum Gasteiger partial charge on any atom is -0.355 e. The predicted octanol–water partition coefficient (Wildman–Crippen LogP) is -1.09. The average Bonchev–Trinajstić information content (AvgIpc) is 2.18. The third-order valence-electron chi connectivity index (χ3n) is 1.99. The van der Waals surface area contributed by atoms with E-state index in [0.717, 1.165) is 19.3 Å². The number of hydrogen-bond donors (Lipinski definition) is 4. The maximum Gasteiger partial charge on any atom is 0.236 e. The summed E-state index contributed by atoms with van der Waals surface area (Å²) >= 11 is 0. The van der Waals surface area contributed by atoms with Gasteiger partial charge in [-0.2, -0.15) is 0 Å². The maximum absolute atomic E-state index is 11.3. The van der Waals surface area contributed by atoms with Gasteiger partial charge in [-0.1, -0.05) is 6.42 Å². The summed E-state index contributed by atoms with van der Waals surface area (Å²) in [4.78, 5) is 11.3. The molecule has 0 rings (SSSR count). The number of rotatable bonds is 8. The molecule has 0 aliphatic rings. The number of nitrogens with one attached hydrogen (secondary N) is 1. The van der Waals surface area contributed by atoms with Gasteiger partial charge in [0.2, 0.25) is 5.91 Å². The van der Waals surface area contributed by atoms with Crippen LogP contribution in [0.1, 0.15) is 25.7 Å². The van der Waals surface area contributed by atoms with Crippen molar-refractivity contribution in [3.05, 3.63) is 0 Å². The Bertz CT molecular complexity index is 152. The summed E-state index contributed by atoms with van der Waals surface area (Å²) in [7, 11) is 0. The summed E-state index contributed by atoms with van der Waals surface area (Å²) in [6.45, 7) is 1.85. The van der Waals surface area contributed by atoms with E-state index in [1.165, 1.54) is 0 Å². The van der Waals surface area contributed by atoms with Gasteiger partial charge in [-0.3, -0.25) is 4.79 Å². The van der Waals surface area contributed by atoms with Crippen LogP contribution in [-0.2, 0) is 4.79 Å². The Morgan fingerprint density at radius 1 is 1.14 bits per heavy atom. The van der Waals surface area contributed by atoms with E-state index in [-0.39, 0.29) is 5.91 Å². The number of carbonyl (C=O) groups is 1. The SMILES string of the molecule is NCCCCC(N)C(=O)NCCCN. The second kappa shape index (κ2) is 8.93. The molecule has 0 fully saturated rings. The van der Waals surface area contributed by atoms with Gasteiger partial charge in [0.15, 0.2) is 0 Å². The number of carbonyl (C=O) groups excluding carboxylic acids is 1. The van der Waals surface area contributed by atoms with E-state index >= 15 is 0 Å². The van der Waals surface area contributed by atoms with Crippen LogP contribution < -0.4 is 22.5 Å². The van der Waals surface area contributed by atoms with Crippen molar-refractivity contribution in [2.75, 3.05) is 19.6 Å². The normalized spacial score (nSPS) is 12.5. The summed E-state index contributed by atoms with van der Waals surface area (Å²) in [5, 5.41) is 2.74. The van der Waals surface area contributed by atoms with Crippen LogP contribution >= 0.6 is 0 Å². The van der Waals surface area contributed by atoms with E-state index in [0.29, 0.717) is 26.1 Å². The van der Waals surface area contributed by atoms with Crippen LogP contribution in [0.4, 0.5) is 0 Å². The molecule has 0 aromatic rings. The first-order valence-electron chi connectivity index (χ1n) is 5.15. The Hall–Kier alpha value is -0.650. The quantitative estimate of drug-likeness (QED) is 0.375. The van der Waals surface area contributed by atoms with Gasteiger partial charge in [0, 0.05) is 6.54 Å². The molecule has 14 heavy (non-hydrogen) atoms. The van der Waals surface area contributed by atoms with Crippen molar-refractivity contribution in [2.24, 2.45) is 17.2 Å². The maximum atomic E-state index is 11.3. The average molecular weight is 202 g/mol. The first kappa shape index (κ1) is 13.4. The van der Waals surface area contributed by atoms with Crippen molar-refractivity contribution in [3.8, 4) is 0 Å². The lowest BCUT2D eigenvalue weighted by atomic mass is 10.1. The molecule has 0 aliphatic carbocycles. The molecule has 7 N–H and O–H groups in total. The lowest BCUT2D eigenvalue weighted by molar-refractivity contribution is -0.122. The fourth-order valence-corrected chi connectivity index (χ4v) is 1.08. The Morgan fingerprint density at radius 3 is 2.36 bits per heavy atom. The van der Waals surface area contributed by atoms with Crippen LogP contribution in [0, 0.1) is 0 Å². The topological polar surface area (TPSA) is 107 Å². The second-order valence-corrected chi connectivity index (χ2v) is 3.32. The molecule has 0 spiro atoms. The largest absolute Gasteiger partial charge is 0.355 e. The van der Waals surface area contributed by atoms with Gasteiger partial charge in [-0.25, -0.2) is 0 Å². The molecule has 0 saturated heterocycles. The molecule has 0 heterocycles. The van der Waals surface area contributed by atoms with Crippen LogP contribution in [0.15, 0.2) is 0 Å². The molecule has 0 aromatic heterocycles. The minimum atomic E-state index is -0.403. The van der Waals surface area contributed by atoms with Crippen LogP contribution in [0.25, 0.3) is 0 Å². The van der Waals surface area contributed by atoms with E-state index in [1.54, 1.807) is 0 Å². The van der Waals surface area contributed by atoms with E-state index in [1.807, 2.05) is 0 Å². The van der Waals surface area contributed by atoms with Crippen molar-refractivity contribution in [1.82, 2.24) is 5.32 Å². The number of hydrogen-bond acceptors (Lipinski definition) is 4. The van der Waals surface area contributed by atoms with Crippen LogP contribution in [0.5, 0.6) is 0 Å². The van der Waals surface area contributed by atoms with Gasteiger partial charge in [-0.15, -0.1) is 0 Å². The summed E-state index contributed by atoms with van der Waals surface area (Å²) in [6.07, 6.45) is 3.32. The summed E-state index contributed by atoms with van der Waals surface area (Å²) in [5.41, 5.74) is 16.3. The van der Waals surface area contributed by atoms with Crippen molar-refractivity contribution < 1.29 is 4.79 Å². The summed E-state index contributed by atoms with van der Waals surface area (Å²) in [6, 6.07) is -0.403. The third kappa shape index (κ3) is 6.82. The van der Waals surface area contributed by atoms with Gasteiger partial charge in [0.25, 0.3) is 0 Å². The van der Waals surface area contributed by atoms with Crippen molar-refractivity contribution in [1.29, 1.82) is 0 Å². The van der Waals surface area contributed by atoms with Crippen LogP contribution in [0.3, 0.4) is 0 Å². The Kier molecular flexibility index (Phi) is 8.51. The zero-order valence-electron chi connectivity index (χ0n) is 8.67. The van der Waals surface area contributed by atoms with Gasteiger partial charge in [0.1, 0.15) is 0 Å². The predicted molar refractivity (Wildman–Crippen MR) is 57.6 cm³/mol. The lowest BCUT2D eigenvalue weighted by Gasteiger charge is -2.11. The van der Waals surface area contributed by atoms with Crippen LogP contribution in [-0.4, -0.2) is 31.6 Å². The van der Waals surface area contributed by atoms with Crippen LogP contribution in [0.2, 0.25) is 0 Å². The Labute approximate surface area is 85.4 Å². The van der Waals surface area contributed by atoms with Gasteiger partial charge in [0.05, 0.1) is 6.04 Å². The first-order chi connectivity index (χ1) is 6.72. The highest BCUT2D eigenvalue weighted by atomic mass is 16.2. The highest BCUT2D eigenvalue weighted by Crippen LogP contribution is 1.97. The zero-order chi connectivity index (χ0) is 10.8. The summed E-state index contributed by atoms with van der Waals surface area (Å²) in [5.74, 6) is -0.0875. The molecule has 1 atom stereocenters. The monoisotopic (exact) mass is 202 g/mol. The molecule has 5 heteroatoms. The third-order valence-corrected chi connectivity index (χ3v) is 1.99. The van der Waals surface area contributed by atoms with E-state index in [9.17, 15) is 4.79 Å². The van der Waals surface area contributed by atoms with E-state index in [4.69, 9.17) is 17.2 Å². The van der Waals surface area contributed by atoms with Gasteiger partial charge < -0.3 is 22.5 Å². The molecular formula is C9H22N4O. The molecule has 0 saturated carbocycles. The number of unbranched alkanes of at least 4 members (excludes halogenated alkanes) is 1. The van der Waals surface area contributed by atoms with Crippen molar-refractivity contribution in [2.45, 2.75) is 31.7 Å². The molecule has 1 unspecified atom stereocenters. The molecule has 0 bridgehead atoms. The fourth-order valence-electron chi connectivity index (χ4n) is 1.08. The molecular weight excluding hydrogens is 180 g/mol. The minimum absolute atomic E-state index is 0.0875. The van der Waals surface area contributed by atoms with E-state index in [2.05, 4.69) is 5.32 Å². The Balaban J connectivity index is 3.44. The molecule has 0 radical (unpaired) electrons. The van der Waals surface area contributed by atoms with Crippen molar-refractivity contribution in [3.63, 3.8) is 0 Å². The fraction of sp³-hybridized carbons (Fsp3) is 0.889.